The molecule has 2 aliphatic rings. The van der Waals surface area contributed by atoms with E-state index in [1.165, 1.54) is 6.33 Å². The van der Waals surface area contributed by atoms with Crippen LogP contribution in [0.2, 0.25) is 0 Å². The number of likely N-dealkylation sites (N-methyl/N-ethyl adjacent to an activating group) is 1. The number of hydrogen-bond donors (Lipinski definition) is 1. The van der Waals surface area contributed by atoms with Gasteiger partial charge in [-0.05, 0) is 33.0 Å². The molecule has 8 nitrogen and oxygen atoms in total. The molecular weight excluding hydrogens is 381 g/mol. The van der Waals surface area contributed by atoms with Gasteiger partial charge in [0.25, 0.3) is 5.91 Å². The molecule has 3 rings (SSSR count). The maximum absolute atomic E-state index is 12.6. The summed E-state index contributed by atoms with van der Waals surface area (Å²) in [5.74, 6) is -2.34. The molecule has 0 aliphatic carbocycles. The van der Waals surface area contributed by atoms with Gasteiger partial charge in [-0.3, -0.25) is 4.79 Å². The number of likely N-dealkylation sites (tertiary alicyclic amines) is 1. The minimum Gasteiger partial charge on any atom is -0.475 e. The number of fused-ring (bicyclic) bond motifs is 1. The topological polar surface area (TPSA) is 95.9 Å². The van der Waals surface area contributed by atoms with E-state index in [9.17, 15) is 18.0 Å². The Morgan fingerprint density at radius 1 is 1.32 bits per heavy atom. The smallest absolute Gasteiger partial charge is 0.475 e. The van der Waals surface area contributed by atoms with Crippen LogP contribution in [0.1, 0.15) is 23.3 Å². The minimum absolute atomic E-state index is 0.00623. The number of halogens is 3. The molecule has 3 atom stereocenters. The number of carbonyl (C=O) groups is 2. The van der Waals surface area contributed by atoms with Crippen LogP contribution >= 0.6 is 0 Å². The zero-order chi connectivity index (χ0) is 20.9. The van der Waals surface area contributed by atoms with Crippen molar-refractivity contribution in [2.75, 3.05) is 33.8 Å². The maximum atomic E-state index is 12.6. The summed E-state index contributed by atoms with van der Waals surface area (Å²) in [5.41, 5.74) is 0.470. The summed E-state index contributed by atoms with van der Waals surface area (Å²) in [6.07, 6.45) is 0.398. The van der Waals surface area contributed by atoms with Crippen molar-refractivity contribution in [2.45, 2.75) is 31.2 Å². The Kier molecular flexibility index (Phi) is 7.30. The van der Waals surface area contributed by atoms with E-state index in [-0.39, 0.29) is 18.1 Å². The number of nitrogens with zero attached hydrogens (tertiary/aromatic N) is 4. The second-order valence-corrected chi connectivity index (χ2v) is 6.88. The van der Waals surface area contributed by atoms with Crippen molar-refractivity contribution in [3.05, 3.63) is 24.3 Å². The summed E-state index contributed by atoms with van der Waals surface area (Å²) in [7, 11) is 4.11. The predicted molar refractivity (Wildman–Crippen MR) is 91.6 cm³/mol. The normalized spacial score (nSPS) is 24.8. The number of piperidine rings is 1. The van der Waals surface area contributed by atoms with Crippen LogP contribution in [0.25, 0.3) is 0 Å². The van der Waals surface area contributed by atoms with E-state index in [1.54, 1.807) is 12.3 Å². The first-order valence-electron chi connectivity index (χ1n) is 8.74. The third kappa shape index (κ3) is 5.61. The fourth-order valence-electron chi connectivity index (χ4n) is 3.38. The molecule has 1 amide bonds. The summed E-state index contributed by atoms with van der Waals surface area (Å²) >= 11 is 0. The SMILES string of the molecule is CN(C)[C@@H]1CN(C(=O)c2ccncn2)C[C@@H]2CCCO[C@@H]21.O=C(O)C(F)(F)F. The van der Waals surface area contributed by atoms with Gasteiger partial charge >= 0.3 is 12.1 Å². The number of rotatable bonds is 2. The highest BCUT2D eigenvalue weighted by Gasteiger charge is 2.42. The maximum Gasteiger partial charge on any atom is 0.490 e. The number of carbonyl (C=O) groups excluding carboxylic acids is 1. The van der Waals surface area contributed by atoms with Gasteiger partial charge in [0.1, 0.15) is 12.0 Å². The molecule has 2 aliphatic heterocycles. The van der Waals surface area contributed by atoms with Gasteiger partial charge in [-0.1, -0.05) is 0 Å². The number of hydrogen-bond acceptors (Lipinski definition) is 6. The Morgan fingerprint density at radius 3 is 2.54 bits per heavy atom. The lowest BCUT2D eigenvalue weighted by molar-refractivity contribution is -0.192. The van der Waals surface area contributed by atoms with Gasteiger partial charge in [0, 0.05) is 31.8 Å². The highest BCUT2D eigenvalue weighted by atomic mass is 19.4. The van der Waals surface area contributed by atoms with E-state index < -0.39 is 12.1 Å². The van der Waals surface area contributed by atoms with Crippen molar-refractivity contribution >= 4 is 11.9 Å². The lowest BCUT2D eigenvalue weighted by atomic mass is 9.85. The van der Waals surface area contributed by atoms with E-state index in [1.807, 2.05) is 4.90 Å². The lowest BCUT2D eigenvalue weighted by Gasteiger charge is -2.47. The largest absolute Gasteiger partial charge is 0.490 e. The highest BCUT2D eigenvalue weighted by Crippen LogP contribution is 2.30. The second kappa shape index (κ2) is 9.28. The molecule has 0 spiro atoms. The first-order valence-corrected chi connectivity index (χ1v) is 8.74. The number of ether oxygens (including phenoxy) is 1. The molecule has 1 N–H and O–H groups in total. The minimum atomic E-state index is -5.08. The fraction of sp³-hybridized carbons (Fsp3) is 0.647. The molecule has 0 unspecified atom stereocenters. The van der Waals surface area contributed by atoms with E-state index in [0.29, 0.717) is 18.2 Å². The number of aromatic nitrogens is 2. The average Bonchev–Trinajstić information content (AvgIpc) is 2.66. The number of alkyl halides is 3. The standard InChI is InChI=1S/C15H22N4O2.C2HF3O2/c1-18(2)13-9-19(8-11-4-3-7-21-14(11)13)15(20)12-5-6-16-10-17-12;3-2(4,5)1(6)7/h5-6,10-11,13-14H,3-4,7-9H2,1-2H3;(H,6,7)/t11-,13+,14-;/m0./s1. The van der Waals surface area contributed by atoms with Gasteiger partial charge in [0.15, 0.2) is 0 Å². The molecule has 2 saturated heterocycles. The Hall–Kier alpha value is -2.27. The Bertz CT molecular complexity index is 672. The van der Waals surface area contributed by atoms with Crippen LogP contribution in [-0.4, -0.2) is 88.9 Å². The van der Waals surface area contributed by atoms with Crippen molar-refractivity contribution in [3.8, 4) is 0 Å². The molecule has 0 bridgehead atoms. The average molecular weight is 404 g/mol. The summed E-state index contributed by atoms with van der Waals surface area (Å²) in [6, 6.07) is 1.92. The quantitative estimate of drug-likeness (QED) is 0.794. The van der Waals surface area contributed by atoms with E-state index in [2.05, 4.69) is 29.0 Å². The molecule has 28 heavy (non-hydrogen) atoms. The van der Waals surface area contributed by atoms with Crippen LogP contribution in [0.5, 0.6) is 0 Å². The van der Waals surface area contributed by atoms with Crippen molar-refractivity contribution in [3.63, 3.8) is 0 Å². The zero-order valence-corrected chi connectivity index (χ0v) is 15.6. The van der Waals surface area contributed by atoms with E-state index in [0.717, 1.165) is 26.0 Å². The van der Waals surface area contributed by atoms with Crippen LogP contribution in [0, 0.1) is 5.92 Å². The highest BCUT2D eigenvalue weighted by molar-refractivity contribution is 5.92. The summed E-state index contributed by atoms with van der Waals surface area (Å²) < 4.78 is 37.7. The second-order valence-electron chi connectivity index (χ2n) is 6.88. The molecule has 3 heterocycles. The third-order valence-corrected chi connectivity index (χ3v) is 4.73. The van der Waals surface area contributed by atoms with Crippen LogP contribution in [0.15, 0.2) is 18.6 Å². The molecule has 11 heteroatoms. The summed E-state index contributed by atoms with van der Waals surface area (Å²) in [6.45, 7) is 2.29. The Labute approximate surface area is 160 Å². The number of carboxylic acids is 1. The van der Waals surface area contributed by atoms with Crippen LogP contribution in [-0.2, 0) is 9.53 Å². The van der Waals surface area contributed by atoms with Crippen molar-refractivity contribution in [1.82, 2.24) is 19.8 Å². The number of aliphatic carboxylic acids is 1. The van der Waals surface area contributed by atoms with Crippen LogP contribution < -0.4 is 0 Å². The van der Waals surface area contributed by atoms with Crippen LogP contribution in [0.4, 0.5) is 13.2 Å². The van der Waals surface area contributed by atoms with Crippen LogP contribution in [0.3, 0.4) is 0 Å². The van der Waals surface area contributed by atoms with Crippen molar-refractivity contribution < 1.29 is 32.6 Å². The van der Waals surface area contributed by atoms with Gasteiger partial charge in [-0.2, -0.15) is 13.2 Å². The predicted octanol–water partition coefficient (Wildman–Crippen LogP) is 1.29. The number of amides is 1. The molecule has 2 fully saturated rings. The molecule has 0 aromatic carbocycles. The first kappa shape index (κ1) is 22.0. The van der Waals surface area contributed by atoms with Gasteiger partial charge in [0.2, 0.25) is 0 Å². The molecule has 1 aromatic rings. The van der Waals surface area contributed by atoms with E-state index >= 15 is 0 Å². The molecule has 0 radical (unpaired) electrons. The van der Waals surface area contributed by atoms with Gasteiger partial charge in [-0.25, -0.2) is 14.8 Å². The monoisotopic (exact) mass is 404 g/mol. The van der Waals surface area contributed by atoms with E-state index in [4.69, 9.17) is 14.6 Å². The molecular formula is C17H23F3N4O4. The van der Waals surface area contributed by atoms with Crippen molar-refractivity contribution in [1.29, 1.82) is 0 Å². The van der Waals surface area contributed by atoms with Gasteiger partial charge < -0.3 is 19.6 Å². The molecule has 0 saturated carbocycles. The van der Waals surface area contributed by atoms with Gasteiger partial charge in [0.05, 0.1) is 12.1 Å². The van der Waals surface area contributed by atoms with Crippen molar-refractivity contribution in [2.24, 2.45) is 5.92 Å². The number of carboxylic acid groups (broad SMARTS) is 1. The van der Waals surface area contributed by atoms with Gasteiger partial charge in [-0.15, -0.1) is 0 Å². The molecule has 156 valence electrons. The first-order chi connectivity index (χ1) is 13.1. The molecule has 1 aromatic heterocycles. The third-order valence-electron chi connectivity index (χ3n) is 4.73. The fourth-order valence-corrected chi connectivity index (χ4v) is 3.38. The lowest BCUT2D eigenvalue weighted by Crippen LogP contribution is -2.60. The zero-order valence-electron chi connectivity index (χ0n) is 15.6. The summed E-state index contributed by atoms with van der Waals surface area (Å²) in [5, 5.41) is 7.12. The Morgan fingerprint density at radius 2 is 2.00 bits per heavy atom. The summed E-state index contributed by atoms with van der Waals surface area (Å²) in [4.78, 5) is 33.6. The Balaban J connectivity index is 0.000000345.